The molecule has 0 radical (unpaired) electrons. The molecule has 0 saturated carbocycles. The van der Waals surface area contributed by atoms with Gasteiger partial charge < -0.3 is 5.11 Å². The maximum absolute atomic E-state index is 13.0. The molecular weight excluding hydrogens is 210 g/mol. The Morgan fingerprint density at radius 1 is 1.12 bits per heavy atom. The van der Waals surface area contributed by atoms with E-state index in [-0.39, 0.29) is 17.9 Å². The van der Waals surface area contributed by atoms with Gasteiger partial charge in [-0.1, -0.05) is 20.8 Å². The molecule has 0 heterocycles. The number of hydrogen-bond acceptors (Lipinski definition) is 1. The standard InChI is InChI=1S/C13H18F2O/c1-13(2,3)10(8-16)4-9-5-11(14)7-12(15)6-9/h5-7,10,16H,4,8H2,1-3H3. The van der Waals surface area contributed by atoms with Gasteiger partial charge in [-0.05, 0) is 35.4 Å². The van der Waals surface area contributed by atoms with Crippen molar-refractivity contribution in [3.8, 4) is 0 Å². The monoisotopic (exact) mass is 228 g/mol. The summed E-state index contributed by atoms with van der Waals surface area (Å²) in [5.41, 5.74) is 0.504. The van der Waals surface area contributed by atoms with Crippen molar-refractivity contribution in [1.29, 1.82) is 0 Å². The molecule has 16 heavy (non-hydrogen) atoms. The van der Waals surface area contributed by atoms with E-state index in [4.69, 9.17) is 0 Å². The van der Waals surface area contributed by atoms with Crippen molar-refractivity contribution in [2.24, 2.45) is 11.3 Å². The van der Waals surface area contributed by atoms with Gasteiger partial charge in [-0.25, -0.2) is 8.78 Å². The lowest BCUT2D eigenvalue weighted by molar-refractivity contribution is 0.131. The highest BCUT2D eigenvalue weighted by molar-refractivity contribution is 5.18. The van der Waals surface area contributed by atoms with Crippen LogP contribution in [-0.4, -0.2) is 11.7 Å². The molecule has 1 N–H and O–H groups in total. The summed E-state index contributed by atoms with van der Waals surface area (Å²) in [6.45, 7) is 6.03. The van der Waals surface area contributed by atoms with Gasteiger partial charge in [0.05, 0.1) is 0 Å². The topological polar surface area (TPSA) is 20.2 Å². The van der Waals surface area contributed by atoms with Crippen LogP contribution in [0.3, 0.4) is 0 Å². The first-order valence-electron chi connectivity index (χ1n) is 5.38. The predicted molar refractivity (Wildman–Crippen MR) is 60.1 cm³/mol. The van der Waals surface area contributed by atoms with Gasteiger partial charge in [0, 0.05) is 12.7 Å². The fraction of sp³-hybridized carbons (Fsp3) is 0.538. The molecule has 1 nitrogen and oxygen atoms in total. The van der Waals surface area contributed by atoms with Crippen molar-refractivity contribution >= 4 is 0 Å². The first kappa shape index (κ1) is 13.1. The van der Waals surface area contributed by atoms with Crippen LogP contribution in [0, 0.1) is 23.0 Å². The SMILES string of the molecule is CC(C)(C)C(CO)Cc1cc(F)cc(F)c1. The van der Waals surface area contributed by atoms with Crippen LogP contribution in [0.25, 0.3) is 0 Å². The van der Waals surface area contributed by atoms with Gasteiger partial charge in [-0.2, -0.15) is 0 Å². The second-order valence-corrected chi connectivity index (χ2v) is 5.23. The number of aliphatic hydroxyl groups is 1. The molecule has 0 fully saturated rings. The molecule has 0 spiro atoms. The molecule has 90 valence electrons. The van der Waals surface area contributed by atoms with E-state index in [1.165, 1.54) is 12.1 Å². The number of benzene rings is 1. The zero-order chi connectivity index (χ0) is 12.3. The van der Waals surface area contributed by atoms with Gasteiger partial charge in [0.15, 0.2) is 0 Å². The Morgan fingerprint density at radius 2 is 1.62 bits per heavy atom. The Morgan fingerprint density at radius 3 is 2.00 bits per heavy atom. The average molecular weight is 228 g/mol. The van der Waals surface area contributed by atoms with Crippen molar-refractivity contribution in [2.45, 2.75) is 27.2 Å². The highest BCUT2D eigenvalue weighted by atomic mass is 19.1. The summed E-state index contributed by atoms with van der Waals surface area (Å²) < 4.78 is 26.0. The summed E-state index contributed by atoms with van der Waals surface area (Å²) in [5, 5.41) is 9.27. The molecular formula is C13H18F2O. The van der Waals surface area contributed by atoms with E-state index in [0.29, 0.717) is 12.0 Å². The van der Waals surface area contributed by atoms with Crippen molar-refractivity contribution < 1.29 is 13.9 Å². The number of halogens is 2. The average Bonchev–Trinajstić information content (AvgIpc) is 2.10. The zero-order valence-corrected chi connectivity index (χ0v) is 9.93. The van der Waals surface area contributed by atoms with Crippen molar-refractivity contribution in [3.63, 3.8) is 0 Å². The summed E-state index contributed by atoms with van der Waals surface area (Å²) in [6.07, 6.45) is 0.481. The third-order valence-electron chi connectivity index (χ3n) is 2.85. The third kappa shape index (κ3) is 3.56. The summed E-state index contributed by atoms with van der Waals surface area (Å²) in [7, 11) is 0. The zero-order valence-electron chi connectivity index (χ0n) is 9.93. The molecule has 0 bridgehead atoms. The Kier molecular flexibility index (Phi) is 4.03. The lowest BCUT2D eigenvalue weighted by atomic mass is 9.78. The Hall–Kier alpha value is -0.960. The number of rotatable bonds is 3. The first-order valence-corrected chi connectivity index (χ1v) is 5.38. The Bertz CT molecular complexity index is 335. The minimum absolute atomic E-state index is 0.00583. The quantitative estimate of drug-likeness (QED) is 0.842. The summed E-state index contributed by atoms with van der Waals surface area (Å²) in [6, 6.07) is 3.49. The number of hydrogen-bond donors (Lipinski definition) is 1. The minimum Gasteiger partial charge on any atom is -0.396 e. The van der Waals surface area contributed by atoms with Gasteiger partial charge >= 0.3 is 0 Å². The van der Waals surface area contributed by atoms with Crippen molar-refractivity contribution in [2.75, 3.05) is 6.61 Å². The highest BCUT2D eigenvalue weighted by Gasteiger charge is 2.24. The second kappa shape index (κ2) is 4.91. The molecule has 1 unspecified atom stereocenters. The van der Waals surface area contributed by atoms with E-state index in [0.717, 1.165) is 6.07 Å². The van der Waals surface area contributed by atoms with Gasteiger partial charge in [0.2, 0.25) is 0 Å². The molecule has 1 aromatic carbocycles. The fourth-order valence-electron chi connectivity index (χ4n) is 1.66. The van der Waals surface area contributed by atoms with E-state index in [1.807, 2.05) is 20.8 Å². The minimum atomic E-state index is -0.569. The molecule has 1 atom stereocenters. The molecule has 1 rings (SSSR count). The predicted octanol–water partition coefficient (Wildman–Crippen LogP) is 3.16. The molecule has 0 saturated heterocycles. The molecule has 3 heteroatoms. The van der Waals surface area contributed by atoms with Crippen LogP contribution >= 0.6 is 0 Å². The van der Waals surface area contributed by atoms with E-state index < -0.39 is 11.6 Å². The normalized spacial score (nSPS) is 13.9. The molecule has 0 amide bonds. The van der Waals surface area contributed by atoms with Gasteiger partial charge in [0.1, 0.15) is 11.6 Å². The lowest BCUT2D eigenvalue weighted by Gasteiger charge is -2.29. The van der Waals surface area contributed by atoms with E-state index in [2.05, 4.69) is 0 Å². The molecule has 1 aromatic rings. The maximum Gasteiger partial charge on any atom is 0.126 e. The van der Waals surface area contributed by atoms with E-state index in [1.54, 1.807) is 0 Å². The van der Waals surface area contributed by atoms with Gasteiger partial charge in [-0.3, -0.25) is 0 Å². The molecule has 0 aliphatic rings. The van der Waals surface area contributed by atoms with E-state index >= 15 is 0 Å². The number of aliphatic hydroxyl groups excluding tert-OH is 1. The van der Waals surface area contributed by atoms with Crippen molar-refractivity contribution in [1.82, 2.24) is 0 Å². The second-order valence-electron chi connectivity index (χ2n) is 5.23. The maximum atomic E-state index is 13.0. The van der Waals surface area contributed by atoms with E-state index in [9.17, 15) is 13.9 Å². The third-order valence-corrected chi connectivity index (χ3v) is 2.85. The lowest BCUT2D eigenvalue weighted by Crippen LogP contribution is -2.26. The molecule has 0 aliphatic heterocycles. The van der Waals surface area contributed by atoms with Crippen LogP contribution < -0.4 is 0 Å². The first-order chi connectivity index (χ1) is 7.32. The van der Waals surface area contributed by atoms with Crippen LogP contribution in [0.4, 0.5) is 8.78 Å². The Labute approximate surface area is 95.1 Å². The Balaban J connectivity index is 2.86. The van der Waals surface area contributed by atoms with Crippen LogP contribution in [0.2, 0.25) is 0 Å². The fourth-order valence-corrected chi connectivity index (χ4v) is 1.66. The summed E-state index contributed by atoms with van der Waals surface area (Å²) in [5.74, 6) is -1.14. The summed E-state index contributed by atoms with van der Waals surface area (Å²) in [4.78, 5) is 0. The van der Waals surface area contributed by atoms with Crippen LogP contribution in [0.15, 0.2) is 18.2 Å². The van der Waals surface area contributed by atoms with Gasteiger partial charge in [0.25, 0.3) is 0 Å². The highest BCUT2D eigenvalue weighted by Crippen LogP contribution is 2.28. The van der Waals surface area contributed by atoms with Crippen LogP contribution in [-0.2, 0) is 6.42 Å². The molecule has 0 aromatic heterocycles. The van der Waals surface area contributed by atoms with Crippen LogP contribution in [0.5, 0.6) is 0 Å². The smallest absolute Gasteiger partial charge is 0.126 e. The largest absolute Gasteiger partial charge is 0.396 e. The molecule has 0 aliphatic carbocycles. The van der Waals surface area contributed by atoms with Crippen molar-refractivity contribution in [3.05, 3.63) is 35.4 Å². The van der Waals surface area contributed by atoms with Gasteiger partial charge in [-0.15, -0.1) is 0 Å². The van der Waals surface area contributed by atoms with Crippen LogP contribution in [0.1, 0.15) is 26.3 Å². The summed E-state index contributed by atoms with van der Waals surface area (Å²) >= 11 is 0.